The summed E-state index contributed by atoms with van der Waals surface area (Å²) in [7, 11) is 1.59. The van der Waals surface area contributed by atoms with Gasteiger partial charge in [-0.2, -0.15) is 0 Å². The van der Waals surface area contributed by atoms with Crippen molar-refractivity contribution in [2.24, 2.45) is 23.7 Å². The number of carbonyl (C=O) groups is 1. The molecule has 1 aliphatic carbocycles. The normalized spacial score (nSPS) is 46.0. The van der Waals surface area contributed by atoms with Crippen LogP contribution >= 0.6 is 0 Å². The monoisotopic (exact) mass is 626 g/mol. The highest BCUT2D eigenvalue weighted by Crippen LogP contribution is 2.48. The summed E-state index contributed by atoms with van der Waals surface area (Å²) in [6.45, 7) is 14.7. The summed E-state index contributed by atoms with van der Waals surface area (Å²) in [6.07, 6.45) is 11.7. The zero-order valence-corrected chi connectivity index (χ0v) is 28.3. The molecule has 0 aromatic heterocycles. The molecule has 1 spiro atoms. The first kappa shape index (κ1) is 34.3. The Hall–Kier alpha value is -2.07. The molecule has 8 nitrogen and oxygen atoms in total. The van der Waals surface area contributed by atoms with Gasteiger partial charge in [-0.15, -0.1) is 0 Å². The summed E-state index contributed by atoms with van der Waals surface area (Å²) in [6, 6.07) is 0. The average molecular weight is 627 g/mol. The molecule has 5 aliphatic rings. The molecular formula is C37H54O8. The van der Waals surface area contributed by atoms with Crippen molar-refractivity contribution in [3.8, 4) is 0 Å². The lowest BCUT2D eigenvalue weighted by Gasteiger charge is -2.51. The van der Waals surface area contributed by atoms with Crippen LogP contribution in [0.25, 0.3) is 0 Å². The van der Waals surface area contributed by atoms with E-state index >= 15 is 0 Å². The minimum absolute atomic E-state index is 0.110. The Labute approximate surface area is 269 Å². The fourth-order valence-electron chi connectivity index (χ4n) is 8.14. The summed E-state index contributed by atoms with van der Waals surface area (Å²) < 4.78 is 31.8. The van der Waals surface area contributed by atoms with Crippen LogP contribution in [0.4, 0.5) is 0 Å². The number of carbonyl (C=O) groups excluding carboxylic acids is 1. The number of rotatable bonds is 3. The van der Waals surface area contributed by atoms with Crippen molar-refractivity contribution in [3.05, 3.63) is 58.7 Å². The number of aliphatic hydroxyl groups is 2. The van der Waals surface area contributed by atoms with Gasteiger partial charge < -0.3 is 33.9 Å². The average Bonchev–Trinajstić information content (AvgIpc) is 3.29. The molecule has 45 heavy (non-hydrogen) atoms. The predicted molar refractivity (Wildman–Crippen MR) is 172 cm³/mol. The number of aliphatic hydroxyl groups excluding tert-OH is 1. The summed E-state index contributed by atoms with van der Waals surface area (Å²) in [5.41, 5.74) is 2.14. The van der Waals surface area contributed by atoms with E-state index in [1.54, 1.807) is 13.2 Å². The van der Waals surface area contributed by atoms with Gasteiger partial charge in [0.15, 0.2) is 5.79 Å². The summed E-state index contributed by atoms with van der Waals surface area (Å²) in [5, 5.41) is 23.7. The van der Waals surface area contributed by atoms with Crippen molar-refractivity contribution in [2.75, 3.05) is 13.7 Å². The number of fused-ring (bicyclic) bond motifs is 2. The van der Waals surface area contributed by atoms with E-state index in [0.29, 0.717) is 37.2 Å². The first-order chi connectivity index (χ1) is 21.3. The van der Waals surface area contributed by atoms with Gasteiger partial charge in [-0.05, 0) is 62.2 Å². The Morgan fingerprint density at radius 3 is 2.62 bits per heavy atom. The highest BCUT2D eigenvalue weighted by Gasteiger charge is 2.60. The fraction of sp³-hybridized carbons (Fsp3) is 0.703. The van der Waals surface area contributed by atoms with Crippen molar-refractivity contribution in [3.63, 3.8) is 0 Å². The maximum atomic E-state index is 14.2. The van der Waals surface area contributed by atoms with Gasteiger partial charge in [0.25, 0.3) is 0 Å². The highest BCUT2D eigenvalue weighted by molar-refractivity contribution is 5.78. The van der Waals surface area contributed by atoms with Gasteiger partial charge in [0, 0.05) is 32.3 Å². The molecule has 0 amide bonds. The van der Waals surface area contributed by atoms with Crippen LogP contribution in [0.5, 0.6) is 0 Å². The minimum atomic E-state index is -1.61. The number of hydrogen-bond donors (Lipinski definition) is 2. The first-order valence-corrected chi connectivity index (χ1v) is 16.8. The maximum absolute atomic E-state index is 14.2. The number of methoxy groups -OCH3 is 1. The number of hydrogen-bond acceptors (Lipinski definition) is 8. The first-order valence-electron chi connectivity index (χ1n) is 16.8. The van der Waals surface area contributed by atoms with E-state index in [2.05, 4.69) is 45.9 Å². The standard InChI is InChI=1S/C37H54O8/c1-21(2)14-24(5)32-26(7)31(38)19-36(45-32)18-29-17-28(44-36)13-12-23(4)15-22(3)10-9-11-27-20-42-34-33(41-8)25(6)16-30(35(39)43-29)37(27,34)40/h9-12,14,16,21-22,26,28-34,38,40H,13,15,17-20H2,1-8H3/b10-9+,23-12+,24-14+,27-11+/t22-,26-,28?,29?,30?,31-,32+,33+,34?,36?,37+/m0/s1. The smallest absolute Gasteiger partial charge is 0.316 e. The second-order valence-corrected chi connectivity index (χ2v) is 14.6. The molecule has 5 rings (SSSR count). The van der Waals surface area contributed by atoms with Crippen molar-refractivity contribution in [2.45, 2.75) is 129 Å². The van der Waals surface area contributed by atoms with Crippen LogP contribution in [-0.4, -0.2) is 77.9 Å². The van der Waals surface area contributed by atoms with Crippen LogP contribution in [0, 0.1) is 23.7 Å². The molecule has 5 unspecified atom stereocenters. The zero-order valence-electron chi connectivity index (χ0n) is 28.3. The molecule has 4 heterocycles. The minimum Gasteiger partial charge on any atom is -0.462 e. The molecule has 250 valence electrons. The molecule has 0 radical (unpaired) electrons. The third-order valence-corrected chi connectivity index (χ3v) is 10.3. The molecule has 8 heteroatoms. The van der Waals surface area contributed by atoms with Crippen LogP contribution in [0.15, 0.2) is 58.7 Å². The zero-order chi connectivity index (χ0) is 32.7. The van der Waals surface area contributed by atoms with Crippen LogP contribution in [0.3, 0.4) is 0 Å². The van der Waals surface area contributed by atoms with Crippen molar-refractivity contribution < 1.29 is 38.7 Å². The third kappa shape index (κ3) is 6.97. The lowest BCUT2D eigenvalue weighted by Crippen LogP contribution is -2.59. The van der Waals surface area contributed by atoms with Crippen LogP contribution in [0.2, 0.25) is 0 Å². The molecular weight excluding hydrogens is 572 g/mol. The second-order valence-electron chi connectivity index (χ2n) is 14.6. The summed E-state index contributed by atoms with van der Waals surface area (Å²) >= 11 is 0. The molecule has 4 aliphatic heterocycles. The molecule has 2 bridgehead atoms. The Kier molecular flexibility index (Phi) is 10.3. The Balaban J connectivity index is 1.53. The second kappa shape index (κ2) is 13.6. The molecule has 0 saturated carbocycles. The lowest BCUT2D eigenvalue weighted by atomic mass is 9.70. The number of esters is 1. The van der Waals surface area contributed by atoms with Crippen LogP contribution in [-0.2, 0) is 28.5 Å². The van der Waals surface area contributed by atoms with E-state index in [4.69, 9.17) is 23.7 Å². The van der Waals surface area contributed by atoms with Gasteiger partial charge in [-0.25, -0.2) is 0 Å². The van der Waals surface area contributed by atoms with Gasteiger partial charge in [0.05, 0.1) is 24.9 Å². The van der Waals surface area contributed by atoms with E-state index in [1.807, 2.05) is 32.9 Å². The number of ether oxygens (including phenoxy) is 5. The lowest BCUT2D eigenvalue weighted by molar-refractivity contribution is -0.342. The molecule has 2 N–H and O–H groups in total. The predicted octanol–water partition coefficient (Wildman–Crippen LogP) is 5.74. The van der Waals surface area contributed by atoms with E-state index < -0.39 is 47.7 Å². The topological polar surface area (TPSA) is 104 Å². The Bertz CT molecular complexity index is 1260. The van der Waals surface area contributed by atoms with Crippen LogP contribution in [0.1, 0.15) is 80.6 Å². The van der Waals surface area contributed by atoms with Gasteiger partial charge in [-0.1, -0.05) is 69.7 Å². The summed E-state index contributed by atoms with van der Waals surface area (Å²) in [5.74, 6) is -2.11. The van der Waals surface area contributed by atoms with Crippen LogP contribution < -0.4 is 0 Å². The van der Waals surface area contributed by atoms with Gasteiger partial charge >= 0.3 is 5.97 Å². The van der Waals surface area contributed by atoms with Crippen molar-refractivity contribution >= 4 is 5.97 Å². The molecule has 3 fully saturated rings. The molecule has 0 aromatic carbocycles. The highest BCUT2D eigenvalue weighted by atomic mass is 16.7. The van der Waals surface area contributed by atoms with E-state index in [1.165, 1.54) is 5.57 Å². The fourth-order valence-corrected chi connectivity index (χ4v) is 8.14. The van der Waals surface area contributed by atoms with Crippen molar-refractivity contribution in [1.29, 1.82) is 0 Å². The number of allylic oxidation sites excluding steroid dienone is 5. The molecule has 0 aromatic rings. The SMILES string of the molecule is CO[C@@H]1C(C)=CC2C(=O)OC3CC(C/C=C(\C)C[C@@H](C)/C=C/C=C4\COC1[C@@]42O)OC1(C3)C[C@H](O)[C@H](C)[C@@H](/C(C)=C/C(C)C)O1. The van der Waals surface area contributed by atoms with E-state index in [9.17, 15) is 15.0 Å². The van der Waals surface area contributed by atoms with Crippen molar-refractivity contribution in [1.82, 2.24) is 0 Å². The molecule has 3 saturated heterocycles. The van der Waals surface area contributed by atoms with Gasteiger partial charge in [0.2, 0.25) is 0 Å². The van der Waals surface area contributed by atoms with Gasteiger partial charge in [0.1, 0.15) is 29.8 Å². The van der Waals surface area contributed by atoms with E-state index in [-0.39, 0.29) is 30.7 Å². The Morgan fingerprint density at radius 1 is 1.16 bits per heavy atom. The Morgan fingerprint density at radius 2 is 1.91 bits per heavy atom. The summed E-state index contributed by atoms with van der Waals surface area (Å²) in [4.78, 5) is 14.2. The quantitative estimate of drug-likeness (QED) is 0.302. The third-order valence-electron chi connectivity index (χ3n) is 10.3. The largest absolute Gasteiger partial charge is 0.462 e. The van der Waals surface area contributed by atoms with E-state index in [0.717, 1.165) is 17.6 Å². The van der Waals surface area contributed by atoms with Gasteiger partial charge in [-0.3, -0.25) is 4.79 Å². The maximum Gasteiger partial charge on any atom is 0.316 e. The molecule has 11 atom stereocenters.